The van der Waals surface area contributed by atoms with Crippen molar-refractivity contribution in [3.8, 4) is 0 Å². The number of hydrogen-bond donors (Lipinski definition) is 3. The lowest BCUT2D eigenvalue weighted by atomic mass is 9.83. The highest BCUT2D eigenvalue weighted by Gasteiger charge is 2.69. The number of nitrogens with zero attached hydrogens (tertiary/aromatic N) is 1. The molecule has 1 saturated heterocycles. The largest absolute Gasteiger partial charge is 0.459 e. The minimum absolute atomic E-state index is 0.0718. The van der Waals surface area contributed by atoms with E-state index >= 15 is 0 Å². The van der Waals surface area contributed by atoms with Crippen LogP contribution in [0.4, 0.5) is 4.79 Å². The Bertz CT molecular complexity index is 1250. The Labute approximate surface area is 278 Å². The molecule has 3 N–H and O–H groups in total. The fourth-order valence-electron chi connectivity index (χ4n) is 7.21. The zero-order chi connectivity index (χ0) is 34.7. The Morgan fingerprint density at radius 3 is 2.26 bits per heavy atom. The molecular formula is C35H54N4O8. The summed E-state index contributed by atoms with van der Waals surface area (Å²) in [5.41, 5.74) is -1.37. The van der Waals surface area contributed by atoms with Crippen molar-refractivity contribution in [2.45, 2.75) is 135 Å². The molecule has 1 aliphatic heterocycles. The van der Waals surface area contributed by atoms with Crippen LogP contribution < -0.4 is 16.0 Å². The molecule has 12 heteroatoms. The first-order valence-corrected chi connectivity index (χ1v) is 17.2. The van der Waals surface area contributed by atoms with Crippen molar-refractivity contribution in [2.75, 3.05) is 13.1 Å². The van der Waals surface area contributed by atoms with Crippen LogP contribution in [0.3, 0.4) is 0 Å². The van der Waals surface area contributed by atoms with Gasteiger partial charge in [-0.2, -0.15) is 0 Å². The topological polar surface area (TPSA) is 160 Å². The summed E-state index contributed by atoms with van der Waals surface area (Å²) in [5.74, 6) is -3.17. The Morgan fingerprint density at radius 2 is 1.66 bits per heavy atom. The van der Waals surface area contributed by atoms with E-state index in [0.717, 1.165) is 44.9 Å². The SMILES string of the molecule is C=CCCC(NC(=O)[C@@H]1C2C(CN1C(=O)[C@@H](NC(=O)OC(C)(C)C)C1CCCCC1)C2(C)C)C(=O)C(=O)NCCC(=O)OC1(C)CC1. The van der Waals surface area contributed by atoms with Gasteiger partial charge in [-0.3, -0.25) is 24.0 Å². The van der Waals surface area contributed by atoms with Gasteiger partial charge in [-0.25, -0.2) is 4.79 Å². The highest BCUT2D eigenvalue weighted by Crippen LogP contribution is 2.65. The first kappa shape index (κ1) is 36.4. The Morgan fingerprint density at radius 1 is 1.00 bits per heavy atom. The zero-order valence-corrected chi connectivity index (χ0v) is 28.9. The average molecular weight is 659 g/mol. The number of carbonyl (C=O) groups is 6. The van der Waals surface area contributed by atoms with Crippen molar-refractivity contribution in [3.63, 3.8) is 0 Å². The summed E-state index contributed by atoms with van der Waals surface area (Å²) in [7, 11) is 0. The normalized spacial score (nSPS) is 25.3. The number of carbonyl (C=O) groups excluding carboxylic acids is 6. The fourth-order valence-corrected chi connectivity index (χ4v) is 7.21. The number of likely N-dealkylation sites (tertiary alicyclic amines) is 1. The van der Waals surface area contributed by atoms with Crippen LogP contribution in [0.25, 0.3) is 0 Å². The number of esters is 1. The van der Waals surface area contributed by atoms with Crippen LogP contribution in [0.15, 0.2) is 12.7 Å². The number of alkyl carbamates (subject to hydrolysis) is 1. The maximum absolute atomic E-state index is 14.3. The number of amides is 4. The van der Waals surface area contributed by atoms with Crippen LogP contribution in [0.5, 0.6) is 0 Å². The van der Waals surface area contributed by atoms with Gasteiger partial charge in [0, 0.05) is 13.1 Å². The van der Waals surface area contributed by atoms with Gasteiger partial charge in [0.05, 0.1) is 12.5 Å². The van der Waals surface area contributed by atoms with Crippen molar-refractivity contribution in [1.29, 1.82) is 0 Å². The molecule has 0 radical (unpaired) electrons. The Kier molecular flexibility index (Phi) is 11.1. The molecule has 4 fully saturated rings. The summed E-state index contributed by atoms with van der Waals surface area (Å²) in [5, 5.41) is 8.11. The van der Waals surface area contributed by atoms with Crippen LogP contribution in [-0.4, -0.2) is 82.9 Å². The summed E-state index contributed by atoms with van der Waals surface area (Å²) in [4.78, 5) is 81.0. The van der Waals surface area contributed by atoms with E-state index in [2.05, 4.69) is 36.4 Å². The second-order valence-corrected chi connectivity index (χ2v) is 15.6. The van der Waals surface area contributed by atoms with Gasteiger partial charge in [-0.1, -0.05) is 39.2 Å². The quantitative estimate of drug-likeness (QED) is 0.145. The van der Waals surface area contributed by atoms with E-state index < -0.39 is 59.0 Å². The molecule has 4 rings (SSSR count). The van der Waals surface area contributed by atoms with Crippen molar-refractivity contribution >= 4 is 35.6 Å². The van der Waals surface area contributed by atoms with Crippen molar-refractivity contribution in [2.24, 2.45) is 23.2 Å². The second-order valence-electron chi connectivity index (χ2n) is 15.6. The number of fused-ring (bicyclic) bond motifs is 1. The molecular weight excluding hydrogens is 604 g/mol. The molecule has 0 aromatic rings. The van der Waals surface area contributed by atoms with E-state index in [1.54, 1.807) is 31.7 Å². The lowest BCUT2D eigenvalue weighted by Crippen LogP contribution is -2.59. The summed E-state index contributed by atoms with van der Waals surface area (Å²) in [6.45, 7) is 15.2. The lowest BCUT2D eigenvalue weighted by Gasteiger charge is -2.37. The van der Waals surface area contributed by atoms with Crippen LogP contribution in [0.2, 0.25) is 0 Å². The molecule has 3 unspecified atom stereocenters. The molecule has 4 amide bonds. The molecule has 1 heterocycles. The summed E-state index contributed by atoms with van der Waals surface area (Å²) >= 11 is 0. The molecule has 4 aliphatic rings. The first-order valence-electron chi connectivity index (χ1n) is 17.2. The molecule has 3 saturated carbocycles. The van der Waals surface area contributed by atoms with E-state index in [4.69, 9.17) is 9.47 Å². The number of nitrogens with one attached hydrogen (secondary N) is 3. The van der Waals surface area contributed by atoms with Crippen LogP contribution >= 0.6 is 0 Å². The predicted octanol–water partition coefficient (Wildman–Crippen LogP) is 3.57. The molecule has 5 atom stereocenters. The smallest absolute Gasteiger partial charge is 0.408 e. The summed E-state index contributed by atoms with van der Waals surface area (Å²) in [6.07, 6.45) is 7.47. The molecule has 0 aromatic carbocycles. The number of hydrogen-bond acceptors (Lipinski definition) is 8. The standard InChI is InChI=1S/C35H54N4O8/c1-8-9-15-23(28(41)30(43)36-19-16-24(40)46-35(7)17-18-35)37-29(42)27-25-22(34(25,5)6)20-39(27)31(44)26(21-13-11-10-12-14-21)38-32(45)47-33(2,3)4/h8,21-23,25-27H,1,9-20H2,2-7H3,(H,36,43)(H,37,42)(H,38,45)/t22?,23?,25?,26-,27-/m0/s1. The average Bonchev–Trinajstić information content (AvgIpc) is 3.76. The first-order chi connectivity index (χ1) is 22.0. The minimum atomic E-state index is -1.15. The monoisotopic (exact) mass is 658 g/mol. The lowest BCUT2D eigenvalue weighted by molar-refractivity contribution is -0.150. The third-order valence-corrected chi connectivity index (χ3v) is 10.3. The maximum atomic E-state index is 14.3. The highest BCUT2D eigenvalue weighted by molar-refractivity contribution is 6.38. The number of rotatable bonds is 14. The summed E-state index contributed by atoms with van der Waals surface area (Å²) in [6, 6.07) is -2.86. The Hall–Kier alpha value is -3.44. The van der Waals surface area contributed by atoms with Crippen LogP contribution in [0.1, 0.15) is 106 Å². The van der Waals surface area contributed by atoms with Gasteiger partial charge in [-0.05, 0) is 89.4 Å². The molecule has 262 valence electrons. The third-order valence-electron chi connectivity index (χ3n) is 10.3. The van der Waals surface area contributed by atoms with Gasteiger partial charge in [0.1, 0.15) is 23.3 Å². The van der Waals surface area contributed by atoms with E-state index in [0.29, 0.717) is 13.0 Å². The van der Waals surface area contributed by atoms with Gasteiger partial charge in [0.15, 0.2) is 0 Å². The number of piperidine rings is 1. The van der Waals surface area contributed by atoms with Gasteiger partial charge in [0.25, 0.3) is 5.91 Å². The molecule has 12 nitrogen and oxygen atoms in total. The van der Waals surface area contributed by atoms with Gasteiger partial charge >= 0.3 is 12.1 Å². The van der Waals surface area contributed by atoms with Crippen molar-refractivity contribution in [1.82, 2.24) is 20.9 Å². The van der Waals surface area contributed by atoms with E-state index in [1.165, 1.54) is 0 Å². The van der Waals surface area contributed by atoms with Crippen molar-refractivity contribution in [3.05, 3.63) is 12.7 Å². The van der Waals surface area contributed by atoms with E-state index in [-0.39, 0.29) is 48.5 Å². The minimum Gasteiger partial charge on any atom is -0.459 e. The van der Waals surface area contributed by atoms with Crippen LogP contribution in [0, 0.1) is 23.2 Å². The predicted molar refractivity (Wildman–Crippen MR) is 174 cm³/mol. The number of allylic oxidation sites excluding steroid dienone is 1. The molecule has 47 heavy (non-hydrogen) atoms. The number of Topliss-reactive ketones (excluding diaryl/α,β-unsaturated/α-hetero) is 1. The van der Waals surface area contributed by atoms with E-state index in [9.17, 15) is 28.8 Å². The molecule has 0 bridgehead atoms. The van der Waals surface area contributed by atoms with Gasteiger partial charge < -0.3 is 30.3 Å². The summed E-state index contributed by atoms with van der Waals surface area (Å²) < 4.78 is 10.9. The van der Waals surface area contributed by atoms with Gasteiger partial charge in [0.2, 0.25) is 17.6 Å². The zero-order valence-electron chi connectivity index (χ0n) is 28.9. The molecule has 0 aromatic heterocycles. The van der Waals surface area contributed by atoms with Gasteiger partial charge in [-0.15, -0.1) is 6.58 Å². The van der Waals surface area contributed by atoms with Crippen LogP contribution in [-0.2, 0) is 33.4 Å². The highest BCUT2D eigenvalue weighted by atomic mass is 16.6. The number of ketones is 1. The molecule has 3 aliphatic carbocycles. The number of ether oxygens (including phenoxy) is 2. The molecule has 0 spiro atoms. The fraction of sp³-hybridized carbons (Fsp3) is 0.771. The van der Waals surface area contributed by atoms with Crippen molar-refractivity contribution < 1.29 is 38.2 Å². The Balaban J connectivity index is 1.46. The second kappa shape index (κ2) is 14.4. The van der Waals surface area contributed by atoms with E-state index in [1.807, 2.05) is 6.92 Å². The third kappa shape index (κ3) is 9.13. The maximum Gasteiger partial charge on any atom is 0.408 e.